The molecule has 0 N–H and O–H groups in total. The van der Waals surface area contributed by atoms with Crippen LogP contribution in [-0.2, 0) is 14.9 Å². The Labute approximate surface area is 122 Å². The lowest BCUT2D eigenvalue weighted by Gasteiger charge is -2.23. The second-order valence-corrected chi connectivity index (χ2v) is 5.96. The van der Waals surface area contributed by atoms with Gasteiger partial charge in [-0.15, -0.1) is 0 Å². The number of carbonyl (C=O) groups excluding carboxylic acids is 1. The summed E-state index contributed by atoms with van der Waals surface area (Å²) in [5.41, 5.74) is 3.77. The Hall–Kier alpha value is -1.03. The van der Waals surface area contributed by atoms with E-state index in [9.17, 15) is 4.79 Å². The fraction of sp³-hybridized carbons (Fsp3) is 0.533. The van der Waals surface area contributed by atoms with Gasteiger partial charge in [-0.3, -0.25) is 4.79 Å². The van der Waals surface area contributed by atoms with Crippen LogP contribution in [0.2, 0.25) is 0 Å². The molecule has 1 aliphatic carbocycles. The van der Waals surface area contributed by atoms with E-state index < -0.39 is 5.41 Å². The molecule has 1 saturated carbocycles. The third-order valence-electron chi connectivity index (χ3n) is 4.17. The normalized spacial score (nSPS) is 16.1. The van der Waals surface area contributed by atoms with Crippen molar-refractivity contribution in [3.05, 3.63) is 26.7 Å². The lowest BCUT2D eigenvalue weighted by Crippen LogP contribution is -2.24. The van der Waals surface area contributed by atoms with E-state index in [4.69, 9.17) is 9.47 Å². The maximum atomic E-state index is 12.1. The summed E-state index contributed by atoms with van der Waals surface area (Å²) < 4.78 is 11.6. The molecule has 0 bridgehead atoms. The first-order valence-corrected chi connectivity index (χ1v) is 7.12. The second-order valence-electron chi connectivity index (χ2n) is 5.17. The zero-order chi connectivity index (χ0) is 14.4. The predicted octanol–water partition coefficient (Wildman–Crippen LogP) is 3.59. The van der Waals surface area contributed by atoms with Gasteiger partial charge in [0.05, 0.1) is 19.6 Å². The van der Waals surface area contributed by atoms with Crippen LogP contribution in [0.4, 0.5) is 0 Å². The third-order valence-corrected chi connectivity index (χ3v) is 5.36. The Morgan fingerprint density at radius 3 is 2.11 bits per heavy atom. The Balaban J connectivity index is 2.74. The summed E-state index contributed by atoms with van der Waals surface area (Å²) in [4.78, 5) is 12.1. The highest BCUT2D eigenvalue weighted by molar-refractivity contribution is 9.10. The van der Waals surface area contributed by atoms with Crippen LogP contribution in [0.1, 0.15) is 35.1 Å². The number of ether oxygens (including phenoxy) is 2. The number of hydrogen-bond donors (Lipinski definition) is 0. The summed E-state index contributed by atoms with van der Waals surface area (Å²) in [6, 6.07) is 0. The summed E-state index contributed by atoms with van der Waals surface area (Å²) in [6.07, 6.45) is 1.65. The lowest BCUT2D eigenvalue weighted by molar-refractivity contribution is -0.143. The number of methoxy groups -OCH3 is 2. The Morgan fingerprint density at radius 1 is 1.11 bits per heavy atom. The number of rotatable bonds is 3. The van der Waals surface area contributed by atoms with Crippen molar-refractivity contribution in [1.82, 2.24) is 0 Å². The first-order valence-electron chi connectivity index (χ1n) is 6.32. The van der Waals surface area contributed by atoms with E-state index in [0.717, 1.165) is 45.3 Å². The van der Waals surface area contributed by atoms with Gasteiger partial charge in [-0.25, -0.2) is 0 Å². The van der Waals surface area contributed by atoms with Crippen LogP contribution in [0.15, 0.2) is 4.47 Å². The smallest absolute Gasteiger partial charge is 0.316 e. The van der Waals surface area contributed by atoms with Crippen molar-refractivity contribution in [2.24, 2.45) is 0 Å². The third kappa shape index (κ3) is 1.97. The molecule has 0 amide bonds. The van der Waals surface area contributed by atoms with Gasteiger partial charge < -0.3 is 9.47 Å². The van der Waals surface area contributed by atoms with Crippen LogP contribution < -0.4 is 4.74 Å². The number of hydrogen-bond acceptors (Lipinski definition) is 3. The highest BCUT2D eigenvalue weighted by Gasteiger charge is 2.55. The highest BCUT2D eigenvalue weighted by atomic mass is 79.9. The Kier molecular flexibility index (Phi) is 3.65. The van der Waals surface area contributed by atoms with E-state index >= 15 is 0 Å². The summed E-state index contributed by atoms with van der Waals surface area (Å²) in [6.45, 7) is 6.10. The molecule has 1 aromatic carbocycles. The molecule has 0 spiro atoms. The first kappa shape index (κ1) is 14.4. The second kappa shape index (κ2) is 4.82. The largest absolute Gasteiger partial charge is 0.496 e. The number of carbonyl (C=O) groups is 1. The van der Waals surface area contributed by atoms with Gasteiger partial charge in [-0.1, -0.05) is 15.9 Å². The molecule has 0 heterocycles. The van der Waals surface area contributed by atoms with E-state index in [1.165, 1.54) is 7.11 Å². The minimum atomic E-state index is -0.509. The zero-order valence-corrected chi connectivity index (χ0v) is 13.6. The molecule has 0 radical (unpaired) electrons. The van der Waals surface area contributed by atoms with E-state index in [0.29, 0.717) is 0 Å². The molecule has 3 nitrogen and oxygen atoms in total. The van der Waals surface area contributed by atoms with Gasteiger partial charge in [0.25, 0.3) is 0 Å². The van der Waals surface area contributed by atoms with Crippen molar-refractivity contribution < 1.29 is 14.3 Å². The average molecular weight is 327 g/mol. The highest BCUT2D eigenvalue weighted by Crippen LogP contribution is 2.55. The van der Waals surface area contributed by atoms with Crippen LogP contribution in [-0.4, -0.2) is 20.2 Å². The number of benzene rings is 1. The van der Waals surface area contributed by atoms with Crippen molar-refractivity contribution in [2.45, 2.75) is 39.0 Å². The number of halogens is 1. The molecule has 1 aromatic rings. The average Bonchev–Trinajstić information content (AvgIpc) is 3.20. The van der Waals surface area contributed by atoms with Gasteiger partial charge in [-0.2, -0.15) is 0 Å². The standard InChI is InChI=1S/C15H19BrO3/c1-8-9(2)13(18-4)11(10(3)12(8)16)15(6-7-15)14(17)19-5/h6-7H2,1-5H3. The first-order chi connectivity index (χ1) is 8.90. The molecule has 0 saturated heterocycles. The Bertz CT molecular complexity index is 545. The fourth-order valence-electron chi connectivity index (χ4n) is 2.79. The van der Waals surface area contributed by atoms with E-state index in [1.807, 2.05) is 13.8 Å². The fourth-order valence-corrected chi connectivity index (χ4v) is 3.29. The van der Waals surface area contributed by atoms with E-state index in [-0.39, 0.29) is 5.97 Å². The van der Waals surface area contributed by atoms with Crippen molar-refractivity contribution in [3.8, 4) is 5.75 Å². The number of esters is 1. The van der Waals surface area contributed by atoms with Gasteiger partial charge in [-0.05, 0) is 50.3 Å². The molecule has 4 heteroatoms. The van der Waals surface area contributed by atoms with Crippen molar-refractivity contribution in [2.75, 3.05) is 14.2 Å². The summed E-state index contributed by atoms with van der Waals surface area (Å²) >= 11 is 3.63. The Morgan fingerprint density at radius 2 is 1.68 bits per heavy atom. The van der Waals surface area contributed by atoms with Crippen molar-refractivity contribution in [3.63, 3.8) is 0 Å². The predicted molar refractivity (Wildman–Crippen MR) is 77.8 cm³/mol. The molecule has 1 fully saturated rings. The molecular formula is C15H19BrO3. The van der Waals surface area contributed by atoms with Crippen LogP contribution >= 0.6 is 15.9 Å². The summed E-state index contributed by atoms with van der Waals surface area (Å²) in [5, 5.41) is 0. The molecule has 2 rings (SSSR count). The molecule has 0 aliphatic heterocycles. The molecule has 19 heavy (non-hydrogen) atoms. The van der Waals surface area contributed by atoms with Gasteiger partial charge in [0.1, 0.15) is 5.75 Å². The summed E-state index contributed by atoms with van der Waals surface area (Å²) in [5.74, 6) is 0.658. The van der Waals surface area contributed by atoms with Gasteiger partial charge in [0.15, 0.2) is 0 Å². The topological polar surface area (TPSA) is 35.5 Å². The summed E-state index contributed by atoms with van der Waals surface area (Å²) in [7, 11) is 3.10. The van der Waals surface area contributed by atoms with E-state index in [2.05, 4.69) is 22.9 Å². The van der Waals surface area contributed by atoms with Crippen molar-refractivity contribution >= 4 is 21.9 Å². The van der Waals surface area contributed by atoms with Crippen molar-refractivity contribution in [1.29, 1.82) is 0 Å². The minimum Gasteiger partial charge on any atom is -0.496 e. The molecule has 1 aliphatic rings. The molecule has 0 unspecified atom stereocenters. The van der Waals surface area contributed by atoms with Crippen LogP contribution in [0, 0.1) is 20.8 Å². The SMILES string of the molecule is COC(=O)C1(c2c(C)c(Br)c(C)c(C)c2OC)CC1. The molecule has 104 valence electrons. The molecule has 0 aromatic heterocycles. The quantitative estimate of drug-likeness (QED) is 0.796. The van der Waals surface area contributed by atoms with Crippen LogP contribution in [0.3, 0.4) is 0 Å². The van der Waals surface area contributed by atoms with Gasteiger partial charge >= 0.3 is 5.97 Å². The monoisotopic (exact) mass is 326 g/mol. The van der Waals surface area contributed by atoms with Gasteiger partial charge in [0.2, 0.25) is 0 Å². The molecular weight excluding hydrogens is 308 g/mol. The molecule has 0 atom stereocenters. The maximum Gasteiger partial charge on any atom is 0.316 e. The zero-order valence-electron chi connectivity index (χ0n) is 12.0. The van der Waals surface area contributed by atoms with Crippen LogP contribution in [0.25, 0.3) is 0 Å². The lowest BCUT2D eigenvalue weighted by atomic mass is 9.87. The maximum absolute atomic E-state index is 12.1. The van der Waals surface area contributed by atoms with Crippen LogP contribution in [0.5, 0.6) is 5.75 Å². The van der Waals surface area contributed by atoms with E-state index in [1.54, 1.807) is 7.11 Å². The minimum absolute atomic E-state index is 0.163. The van der Waals surface area contributed by atoms with Gasteiger partial charge in [0, 0.05) is 10.0 Å².